The van der Waals surface area contributed by atoms with E-state index in [-0.39, 0.29) is 47.9 Å². The van der Waals surface area contributed by atoms with Crippen LogP contribution in [0.15, 0.2) is 53.4 Å². The number of sulfonamides is 1. The molecule has 11 heteroatoms. The van der Waals surface area contributed by atoms with Crippen LogP contribution >= 0.6 is 0 Å². The van der Waals surface area contributed by atoms with Crippen LogP contribution in [0.5, 0.6) is 5.75 Å². The van der Waals surface area contributed by atoms with Crippen molar-refractivity contribution in [3.63, 3.8) is 0 Å². The maximum atomic E-state index is 13.5. The minimum Gasteiger partial charge on any atom is -0.506 e. The predicted molar refractivity (Wildman–Crippen MR) is 135 cm³/mol. The Balaban J connectivity index is 1.82. The van der Waals surface area contributed by atoms with Gasteiger partial charge in [0.15, 0.2) is 0 Å². The Morgan fingerprint density at radius 3 is 2.56 bits per heavy atom. The van der Waals surface area contributed by atoms with Gasteiger partial charge in [-0.1, -0.05) is 44.2 Å². The lowest BCUT2D eigenvalue weighted by Crippen LogP contribution is -2.51. The number of amides is 1. The number of aromatic hydroxyl groups is 1. The van der Waals surface area contributed by atoms with Crippen LogP contribution in [0, 0.1) is 5.92 Å². The molecule has 0 bridgehead atoms. The topological polar surface area (TPSA) is 151 Å². The number of alkyl carbamates (subject to hydrolysis) is 1. The summed E-state index contributed by atoms with van der Waals surface area (Å²) in [6.45, 7) is 4.41. The fraction of sp³-hybridized carbons (Fsp3) is 0.480. The number of carbonyl (C=O) groups excluding carboxylic acids is 1. The number of anilines is 1. The number of aliphatic hydroxyl groups is 1. The molecule has 0 spiro atoms. The summed E-state index contributed by atoms with van der Waals surface area (Å²) in [7, 11) is -4.06. The van der Waals surface area contributed by atoms with Gasteiger partial charge in [0.1, 0.15) is 11.9 Å². The number of aliphatic hydroxyl groups excluding tert-OH is 1. The van der Waals surface area contributed by atoms with Crippen LogP contribution in [0.25, 0.3) is 0 Å². The zero-order valence-electron chi connectivity index (χ0n) is 20.5. The number of nitrogens with zero attached hydrogens (tertiary/aromatic N) is 1. The van der Waals surface area contributed by atoms with Gasteiger partial charge in [-0.25, -0.2) is 13.2 Å². The third-order valence-corrected chi connectivity index (χ3v) is 7.65. The van der Waals surface area contributed by atoms with Crippen LogP contribution in [0.4, 0.5) is 10.5 Å². The zero-order chi connectivity index (χ0) is 26.3. The molecular weight excluding hydrogens is 486 g/mol. The summed E-state index contributed by atoms with van der Waals surface area (Å²) in [6, 6.07) is 12.1. The van der Waals surface area contributed by atoms with Crippen molar-refractivity contribution in [1.82, 2.24) is 9.62 Å². The largest absolute Gasteiger partial charge is 0.506 e. The Labute approximate surface area is 212 Å². The molecule has 3 atom stereocenters. The highest BCUT2D eigenvalue weighted by Crippen LogP contribution is 2.26. The second-order valence-electron chi connectivity index (χ2n) is 9.34. The SMILES string of the molecule is CC(C)CN(C[C@@H](O)[C@H](Cc1ccccc1)NC(=O)O[C@H]1CCOC1)S(=O)(=O)c1ccc(O)c(N)c1. The van der Waals surface area contributed by atoms with Gasteiger partial charge in [-0.05, 0) is 36.1 Å². The van der Waals surface area contributed by atoms with E-state index in [9.17, 15) is 23.4 Å². The average molecular weight is 522 g/mol. The molecule has 5 N–H and O–H groups in total. The van der Waals surface area contributed by atoms with Gasteiger partial charge in [0.05, 0.1) is 35.9 Å². The first-order valence-electron chi connectivity index (χ1n) is 11.9. The summed E-state index contributed by atoms with van der Waals surface area (Å²) < 4.78 is 38.7. The van der Waals surface area contributed by atoms with E-state index in [0.717, 1.165) is 5.56 Å². The summed E-state index contributed by atoms with van der Waals surface area (Å²) in [6.07, 6.45) is -1.46. The van der Waals surface area contributed by atoms with Gasteiger partial charge in [-0.15, -0.1) is 0 Å². The van der Waals surface area contributed by atoms with E-state index in [1.807, 2.05) is 44.2 Å². The number of rotatable bonds is 11. The summed E-state index contributed by atoms with van der Waals surface area (Å²) >= 11 is 0. The monoisotopic (exact) mass is 521 g/mol. The number of hydrogen-bond acceptors (Lipinski definition) is 8. The average Bonchev–Trinajstić information content (AvgIpc) is 3.33. The molecule has 1 aliphatic rings. The summed E-state index contributed by atoms with van der Waals surface area (Å²) in [5, 5.41) is 23.6. The molecule has 3 rings (SSSR count). The van der Waals surface area contributed by atoms with E-state index < -0.39 is 28.3 Å². The molecule has 2 aromatic carbocycles. The number of nitrogens with two attached hydrogens (primary N) is 1. The number of phenolic OH excluding ortho intramolecular Hbond substituents is 1. The molecule has 0 saturated carbocycles. The van der Waals surface area contributed by atoms with E-state index in [4.69, 9.17) is 15.2 Å². The molecule has 0 aliphatic carbocycles. The lowest BCUT2D eigenvalue weighted by molar-refractivity contribution is 0.0644. The Morgan fingerprint density at radius 2 is 1.94 bits per heavy atom. The van der Waals surface area contributed by atoms with E-state index >= 15 is 0 Å². The van der Waals surface area contributed by atoms with Crippen LogP contribution < -0.4 is 11.1 Å². The molecule has 1 heterocycles. The van der Waals surface area contributed by atoms with Crippen LogP contribution in [0.2, 0.25) is 0 Å². The molecule has 1 amide bonds. The highest BCUT2D eigenvalue weighted by Gasteiger charge is 2.32. The number of carbonyl (C=O) groups is 1. The fourth-order valence-corrected chi connectivity index (χ4v) is 5.61. The first-order valence-corrected chi connectivity index (χ1v) is 13.4. The number of hydrogen-bond donors (Lipinski definition) is 4. The Morgan fingerprint density at radius 1 is 1.22 bits per heavy atom. The Kier molecular flexibility index (Phi) is 9.55. The molecule has 36 heavy (non-hydrogen) atoms. The molecule has 1 aliphatic heterocycles. The summed E-state index contributed by atoms with van der Waals surface area (Å²) in [4.78, 5) is 12.5. The number of benzene rings is 2. The van der Waals surface area contributed by atoms with Crippen molar-refractivity contribution in [3.8, 4) is 5.75 Å². The first kappa shape index (κ1) is 27.7. The number of nitrogens with one attached hydrogen (secondary N) is 1. The van der Waals surface area contributed by atoms with Crippen molar-refractivity contribution in [2.45, 2.75) is 49.8 Å². The number of nitrogen functional groups attached to an aromatic ring is 1. The van der Waals surface area contributed by atoms with Gasteiger partial charge in [-0.3, -0.25) is 0 Å². The molecule has 0 unspecified atom stereocenters. The van der Waals surface area contributed by atoms with Crippen molar-refractivity contribution in [2.24, 2.45) is 5.92 Å². The van der Waals surface area contributed by atoms with Gasteiger partial charge in [0.25, 0.3) is 0 Å². The van der Waals surface area contributed by atoms with Crippen LogP contribution in [0.3, 0.4) is 0 Å². The number of ether oxygens (including phenoxy) is 2. The summed E-state index contributed by atoms with van der Waals surface area (Å²) in [5.74, 6) is -0.267. The fourth-order valence-electron chi connectivity index (χ4n) is 3.95. The molecule has 1 fully saturated rings. The maximum Gasteiger partial charge on any atom is 0.407 e. The third-order valence-electron chi connectivity index (χ3n) is 5.82. The summed E-state index contributed by atoms with van der Waals surface area (Å²) in [5.41, 5.74) is 6.51. The highest BCUT2D eigenvalue weighted by atomic mass is 32.2. The normalized spacial score (nSPS) is 17.8. The minimum atomic E-state index is -4.06. The quantitative estimate of drug-likeness (QED) is 0.259. The van der Waals surface area contributed by atoms with Gasteiger partial charge in [0, 0.05) is 19.5 Å². The van der Waals surface area contributed by atoms with Gasteiger partial charge in [-0.2, -0.15) is 4.31 Å². The van der Waals surface area contributed by atoms with E-state index in [0.29, 0.717) is 19.6 Å². The Bertz CT molecular complexity index is 1110. The van der Waals surface area contributed by atoms with Gasteiger partial charge >= 0.3 is 6.09 Å². The molecular formula is C25H35N3O7S. The van der Waals surface area contributed by atoms with E-state index in [2.05, 4.69) is 5.32 Å². The van der Waals surface area contributed by atoms with Crippen molar-refractivity contribution in [1.29, 1.82) is 0 Å². The smallest absolute Gasteiger partial charge is 0.407 e. The van der Waals surface area contributed by atoms with Crippen molar-refractivity contribution in [3.05, 3.63) is 54.1 Å². The van der Waals surface area contributed by atoms with Gasteiger partial charge < -0.3 is 30.7 Å². The van der Waals surface area contributed by atoms with Gasteiger partial charge in [0.2, 0.25) is 10.0 Å². The predicted octanol–water partition coefficient (Wildman–Crippen LogP) is 2.11. The van der Waals surface area contributed by atoms with Crippen LogP contribution in [0.1, 0.15) is 25.8 Å². The lowest BCUT2D eigenvalue weighted by atomic mass is 10.0. The molecule has 198 valence electrons. The molecule has 10 nitrogen and oxygen atoms in total. The first-order chi connectivity index (χ1) is 17.1. The van der Waals surface area contributed by atoms with E-state index in [1.165, 1.54) is 22.5 Å². The van der Waals surface area contributed by atoms with Crippen LogP contribution in [-0.2, 0) is 25.9 Å². The van der Waals surface area contributed by atoms with Crippen molar-refractivity contribution in [2.75, 3.05) is 32.0 Å². The third kappa shape index (κ3) is 7.57. The molecule has 0 radical (unpaired) electrons. The van der Waals surface area contributed by atoms with Crippen LogP contribution in [-0.4, -0.2) is 73.6 Å². The number of phenols is 1. The molecule has 1 saturated heterocycles. The second-order valence-corrected chi connectivity index (χ2v) is 11.3. The minimum absolute atomic E-state index is 0.0469. The second kappa shape index (κ2) is 12.4. The molecule has 0 aromatic heterocycles. The van der Waals surface area contributed by atoms with Crippen molar-refractivity contribution >= 4 is 21.8 Å². The highest BCUT2D eigenvalue weighted by molar-refractivity contribution is 7.89. The van der Waals surface area contributed by atoms with Crippen molar-refractivity contribution < 1.29 is 32.9 Å². The Hall–Kier alpha value is -2.86. The van der Waals surface area contributed by atoms with E-state index in [1.54, 1.807) is 0 Å². The maximum absolute atomic E-state index is 13.5. The molecule has 2 aromatic rings. The zero-order valence-corrected chi connectivity index (χ0v) is 21.4. The lowest BCUT2D eigenvalue weighted by Gasteiger charge is -2.30. The standard InChI is InChI=1S/C25H35N3O7S/c1-17(2)14-28(36(32,33)20-8-9-23(29)21(26)13-20)15-24(30)22(12-18-6-4-3-5-7-18)27-25(31)35-19-10-11-34-16-19/h3-9,13,17,19,22,24,29-30H,10-12,14-16,26H2,1-2H3,(H,27,31)/t19-,22-,24+/m0/s1.